The van der Waals surface area contributed by atoms with Crippen molar-refractivity contribution >= 4 is 12.2 Å². The minimum absolute atomic E-state index is 0.279. The first-order chi connectivity index (χ1) is 7.59. The van der Waals surface area contributed by atoms with Crippen LogP contribution in [-0.4, -0.2) is 19.7 Å². The number of nitrogens with one attached hydrogen (secondary N) is 1. The summed E-state index contributed by atoms with van der Waals surface area (Å²) in [4.78, 5) is 4.17. The molecule has 2 aromatic rings. The largest absolute Gasteiger partial charge is 0.298 e. The monoisotopic (exact) mass is 234 g/mol. The zero-order chi connectivity index (χ0) is 11.7. The molecule has 0 atom stereocenters. The molecule has 84 valence electrons. The molecule has 1 N–H and O–H groups in total. The van der Waals surface area contributed by atoms with E-state index in [0.29, 0.717) is 4.77 Å². The average Bonchev–Trinajstić information content (AvgIpc) is 2.60. The molecule has 0 saturated heterocycles. The SMILES string of the molecule is Cc1cncc(-c2n[nH]c(=S)n2C(C)C)c1. The van der Waals surface area contributed by atoms with Gasteiger partial charge in [0.1, 0.15) is 0 Å². The van der Waals surface area contributed by atoms with E-state index in [1.54, 1.807) is 6.20 Å². The van der Waals surface area contributed by atoms with Crippen molar-refractivity contribution in [2.24, 2.45) is 0 Å². The van der Waals surface area contributed by atoms with Crippen LogP contribution in [0, 0.1) is 11.7 Å². The summed E-state index contributed by atoms with van der Waals surface area (Å²) in [6.45, 7) is 6.17. The number of nitrogens with zero attached hydrogens (tertiary/aromatic N) is 3. The van der Waals surface area contributed by atoms with Crippen molar-refractivity contribution < 1.29 is 0 Å². The molecule has 0 amide bonds. The number of pyridine rings is 1. The van der Waals surface area contributed by atoms with E-state index in [4.69, 9.17) is 12.2 Å². The van der Waals surface area contributed by atoms with Crippen molar-refractivity contribution in [2.75, 3.05) is 0 Å². The molecule has 0 aliphatic carbocycles. The highest BCUT2D eigenvalue weighted by molar-refractivity contribution is 7.71. The van der Waals surface area contributed by atoms with E-state index in [9.17, 15) is 0 Å². The molecular weight excluding hydrogens is 220 g/mol. The quantitative estimate of drug-likeness (QED) is 0.813. The van der Waals surface area contributed by atoms with Gasteiger partial charge in [-0.2, -0.15) is 5.10 Å². The molecule has 0 aliphatic heterocycles. The average molecular weight is 234 g/mol. The van der Waals surface area contributed by atoms with Crippen LogP contribution >= 0.6 is 12.2 Å². The second-order valence-corrected chi connectivity index (χ2v) is 4.45. The Morgan fingerprint density at radius 2 is 2.12 bits per heavy atom. The highest BCUT2D eigenvalue weighted by atomic mass is 32.1. The van der Waals surface area contributed by atoms with Crippen LogP contribution in [0.15, 0.2) is 18.5 Å². The minimum Gasteiger partial charge on any atom is -0.298 e. The Morgan fingerprint density at radius 3 is 2.75 bits per heavy atom. The lowest BCUT2D eigenvalue weighted by Crippen LogP contribution is -2.03. The minimum atomic E-state index is 0.279. The van der Waals surface area contributed by atoms with E-state index in [1.165, 1.54) is 0 Å². The van der Waals surface area contributed by atoms with Crippen molar-refractivity contribution in [1.29, 1.82) is 0 Å². The van der Waals surface area contributed by atoms with Crippen molar-refractivity contribution in [1.82, 2.24) is 19.7 Å². The van der Waals surface area contributed by atoms with Gasteiger partial charge in [0.2, 0.25) is 0 Å². The van der Waals surface area contributed by atoms with E-state index < -0.39 is 0 Å². The van der Waals surface area contributed by atoms with Crippen LogP contribution in [0.1, 0.15) is 25.5 Å². The Morgan fingerprint density at radius 1 is 1.38 bits per heavy atom. The van der Waals surface area contributed by atoms with Crippen LogP contribution in [0.2, 0.25) is 0 Å². The fourth-order valence-electron chi connectivity index (χ4n) is 1.66. The van der Waals surface area contributed by atoms with Gasteiger partial charge in [-0.3, -0.25) is 14.6 Å². The molecule has 5 heteroatoms. The zero-order valence-electron chi connectivity index (χ0n) is 9.56. The third-order valence-electron chi connectivity index (χ3n) is 2.35. The Kier molecular flexibility index (Phi) is 2.87. The number of H-pyrrole nitrogens is 1. The lowest BCUT2D eigenvalue weighted by atomic mass is 10.2. The van der Waals surface area contributed by atoms with Crippen LogP contribution in [0.3, 0.4) is 0 Å². The number of aromatic amines is 1. The van der Waals surface area contributed by atoms with Crippen LogP contribution in [0.4, 0.5) is 0 Å². The van der Waals surface area contributed by atoms with Crippen LogP contribution in [-0.2, 0) is 0 Å². The molecule has 0 aliphatic rings. The van der Waals surface area contributed by atoms with Crippen LogP contribution in [0.5, 0.6) is 0 Å². The first-order valence-electron chi connectivity index (χ1n) is 5.18. The Labute approximate surface area is 99.4 Å². The molecule has 0 unspecified atom stereocenters. The number of rotatable bonds is 2. The second-order valence-electron chi connectivity index (χ2n) is 4.07. The number of hydrogen-bond acceptors (Lipinski definition) is 3. The first-order valence-corrected chi connectivity index (χ1v) is 5.59. The predicted molar refractivity (Wildman–Crippen MR) is 65.8 cm³/mol. The highest BCUT2D eigenvalue weighted by Gasteiger charge is 2.11. The molecule has 0 radical (unpaired) electrons. The molecule has 0 bridgehead atoms. The molecule has 16 heavy (non-hydrogen) atoms. The fraction of sp³-hybridized carbons (Fsp3) is 0.364. The molecule has 0 fully saturated rings. The third kappa shape index (κ3) is 1.90. The molecule has 2 aromatic heterocycles. The van der Waals surface area contributed by atoms with Crippen LogP contribution in [0.25, 0.3) is 11.4 Å². The summed E-state index contributed by atoms with van der Waals surface area (Å²) >= 11 is 5.21. The van der Waals surface area contributed by atoms with Gasteiger partial charge in [-0.1, -0.05) is 0 Å². The Balaban J connectivity index is 2.61. The zero-order valence-corrected chi connectivity index (χ0v) is 10.4. The summed E-state index contributed by atoms with van der Waals surface area (Å²) in [6.07, 6.45) is 3.63. The van der Waals surface area contributed by atoms with Crippen molar-refractivity contribution in [2.45, 2.75) is 26.8 Å². The van der Waals surface area contributed by atoms with Gasteiger partial charge in [-0.25, -0.2) is 0 Å². The molecular formula is C11H14N4S. The maximum Gasteiger partial charge on any atom is 0.195 e. The van der Waals surface area contributed by atoms with Gasteiger partial charge in [-0.05, 0) is 44.6 Å². The maximum absolute atomic E-state index is 5.21. The molecule has 0 aromatic carbocycles. The fourth-order valence-corrected chi connectivity index (χ4v) is 2.01. The van der Waals surface area contributed by atoms with E-state index in [2.05, 4.69) is 35.1 Å². The molecule has 2 heterocycles. The summed E-state index contributed by atoms with van der Waals surface area (Å²) in [5.41, 5.74) is 2.10. The third-order valence-corrected chi connectivity index (χ3v) is 2.64. The van der Waals surface area contributed by atoms with Crippen molar-refractivity contribution in [3.05, 3.63) is 28.8 Å². The molecule has 0 saturated carbocycles. The highest BCUT2D eigenvalue weighted by Crippen LogP contribution is 2.20. The lowest BCUT2D eigenvalue weighted by molar-refractivity contribution is 0.597. The van der Waals surface area contributed by atoms with Gasteiger partial charge in [0, 0.05) is 24.0 Å². The number of aryl methyl sites for hydroxylation is 1. The summed E-state index contributed by atoms with van der Waals surface area (Å²) in [6, 6.07) is 2.33. The molecule has 2 rings (SSSR count). The topological polar surface area (TPSA) is 46.5 Å². The summed E-state index contributed by atoms with van der Waals surface area (Å²) in [5, 5.41) is 7.08. The molecule has 4 nitrogen and oxygen atoms in total. The Bertz CT molecular complexity index is 553. The molecule has 0 spiro atoms. The predicted octanol–water partition coefficient (Wildman–Crippen LogP) is 2.89. The van der Waals surface area contributed by atoms with Crippen molar-refractivity contribution in [3.63, 3.8) is 0 Å². The smallest absolute Gasteiger partial charge is 0.195 e. The standard InChI is InChI=1S/C11H14N4S/c1-7(2)15-10(13-14-11(15)16)9-4-8(3)5-12-6-9/h4-7H,1-3H3,(H,14,16). The van der Waals surface area contributed by atoms with Crippen molar-refractivity contribution in [3.8, 4) is 11.4 Å². The number of aromatic nitrogens is 4. The first kappa shape index (κ1) is 11.0. The normalized spacial score (nSPS) is 11.0. The maximum atomic E-state index is 5.21. The summed E-state index contributed by atoms with van der Waals surface area (Å²) < 4.78 is 2.64. The van der Waals surface area contributed by atoms with Crippen LogP contribution < -0.4 is 0 Å². The van der Waals surface area contributed by atoms with Gasteiger partial charge < -0.3 is 0 Å². The number of hydrogen-bond donors (Lipinski definition) is 1. The van der Waals surface area contributed by atoms with Gasteiger partial charge in [0.25, 0.3) is 0 Å². The summed E-state index contributed by atoms with van der Waals surface area (Å²) in [7, 11) is 0. The van der Waals surface area contributed by atoms with E-state index in [1.807, 2.05) is 17.7 Å². The Hall–Kier alpha value is -1.49. The van der Waals surface area contributed by atoms with E-state index >= 15 is 0 Å². The van der Waals surface area contributed by atoms with Gasteiger partial charge in [-0.15, -0.1) is 0 Å². The lowest BCUT2D eigenvalue weighted by Gasteiger charge is -2.10. The van der Waals surface area contributed by atoms with Gasteiger partial charge >= 0.3 is 0 Å². The van der Waals surface area contributed by atoms with Gasteiger partial charge in [0.05, 0.1) is 0 Å². The van der Waals surface area contributed by atoms with E-state index in [-0.39, 0.29) is 6.04 Å². The summed E-state index contributed by atoms with van der Waals surface area (Å²) in [5.74, 6) is 0.844. The van der Waals surface area contributed by atoms with Gasteiger partial charge in [0.15, 0.2) is 10.6 Å². The second kappa shape index (κ2) is 4.17. The van der Waals surface area contributed by atoms with E-state index in [0.717, 1.165) is 17.0 Å².